The van der Waals surface area contributed by atoms with Gasteiger partial charge in [0.05, 0.1) is 19.6 Å². The highest BCUT2D eigenvalue weighted by Crippen LogP contribution is 2.35. The Morgan fingerprint density at radius 1 is 0.861 bits per heavy atom. The van der Waals surface area contributed by atoms with Gasteiger partial charge in [-0.3, -0.25) is 9.69 Å². The normalized spacial score (nSPS) is 15.8. The molecule has 3 aromatic carbocycles. The molecular weight excluding hydrogens is 448 g/mol. The van der Waals surface area contributed by atoms with E-state index in [0.717, 1.165) is 63.3 Å². The van der Waals surface area contributed by atoms with Gasteiger partial charge in [-0.25, -0.2) is 0 Å². The third-order valence-corrected chi connectivity index (χ3v) is 7.59. The average molecular weight is 487 g/mol. The van der Waals surface area contributed by atoms with Crippen LogP contribution in [0.5, 0.6) is 5.75 Å². The van der Waals surface area contributed by atoms with E-state index in [4.69, 9.17) is 9.47 Å². The van der Waals surface area contributed by atoms with Crippen LogP contribution in [0.25, 0.3) is 11.1 Å². The molecule has 0 saturated carbocycles. The van der Waals surface area contributed by atoms with Gasteiger partial charge >= 0.3 is 5.97 Å². The lowest BCUT2D eigenvalue weighted by molar-refractivity contribution is -0.148. The average Bonchev–Trinajstić information content (AvgIpc) is 2.96. The number of hydrogen-bond acceptors (Lipinski definition) is 5. The number of nitrogens with zero attached hydrogens (tertiary/aromatic N) is 2. The second-order valence-corrected chi connectivity index (χ2v) is 9.50. The summed E-state index contributed by atoms with van der Waals surface area (Å²) in [5, 5.41) is 0. The van der Waals surface area contributed by atoms with Crippen LogP contribution in [0.3, 0.4) is 0 Å². The number of methoxy groups -OCH3 is 2. The monoisotopic (exact) mass is 486 g/mol. The van der Waals surface area contributed by atoms with Crippen molar-refractivity contribution in [2.24, 2.45) is 0 Å². The van der Waals surface area contributed by atoms with Crippen molar-refractivity contribution in [1.29, 1.82) is 0 Å². The van der Waals surface area contributed by atoms with Gasteiger partial charge in [-0.15, -0.1) is 0 Å². The van der Waals surface area contributed by atoms with Crippen LogP contribution >= 0.6 is 0 Å². The molecule has 0 amide bonds. The summed E-state index contributed by atoms with van der Waals surface area (Å²) in [6, 6.07) is 27.1. The first-order valence-electron chi connectivity index (χ1n) is 13.0. The summed E-state index contributed by atoms with van der Waals surface area (Å²) in [6.45, 7) is 7.13. The molecule has 1 aliphatic heterocycles. The van der Waals surface area contributed by atoms with E-state index in [9.17, 15) is 4.79 Å². The summed E-state index contributed by atoms with van der Waals surface area (Å²) in [5.74, 6) is 0.746. The summed E-state index contributed by atoms with van der Waals surface area (Å²) in [5.41, 5.74) is 4.17. The number of esters is 1. The third kappa shape index (κ3) is 5.73. The van der Waals surface area contributed by atoms with Crippen LogP contribution in [-0.4, -0.2) is 57.8 Å². The van der Waals surface area contributed by atoms with Crippen LogP contribution in [0.15, 0.2) is 78.9 Å². The van der Waals surface area contributed by atoms with Gasteiger partial charge in [-0.05, 0) is 66.8 Å². The molecule has 4 rings (SSSR count). The smallest absolute Gasteiger partial charge is 0.316 e. The van der Waals surface area contributed by atoms with E-state index in [0.29, 0.717) is 0 Å². The SMILES string of the molecule is CCC(CCCN1CCN(c2cccc(-c3ccc(OC)cc3)c2)CC1)(C(=O)OC)c1ccccc1. The predicted octanol–water partition coefficient (Wildman–Crippen LogP) is 5.79. The minimum atomic E-state index is -0.570. The molecule has 5 nitrogen and oxygen atoms in total. The standard InChI is InChI=1S/C31H38N2O3/c1-4-31(30(34)36-3,27-11-6-5-7-12-27)18-9-19-32-20-22-33(23-21-32)28-13-8-10-26(24-28)25-14-16-29(35-2)17-15-25/h5-8,10-17,24H,4,9,18-23H2,1-3H3. The maximum Gasteiger partial charge on any atom is 0.316 e. The maximum atomic E-state index is 12.9. The largest absolute Gasteiger partial charge is 0.497 e. The van der Waals surface area contributed by atoms with E-state index in [1.165, 1.54) is 23.9 Å². The Hall–Kier alpha value is -3.31. The van der Waals surface area contributed by atoms with E-state index in [-0.39, 0.29) is 5.97 Å². The number of piperazine rings is 1. The molecule has 1 fully saturated rings. The van der Waals surface area contributed by atoms with Crippen LogP contribution < -0.4 is 9.64 Å². The molecule has 0 radical (unpaired) electrons. The van der Waals surface area contributed by atoms with E-state index < -0.39 is 5.41 Å². The van der Waals surface area contributed by atoms with Gasteiger partial charge in [0, 0.05) is 31.9 Å². The van der Waals surface area contributed by atoms with Gasteiger partial charge < -0.3 is 14.4 Å². The van der Waals surface area contributed by atoms with Crippen LogP contribution in [0, 0.1) is 0 Å². The van der Waals surface area contributed by atoms with Crippen molar-refractivity contribution in [2.45, 2.75) is 31.6 Å². The minimum Gasteiger partial charge on any atom is -0.497 e. The van der Waals surface area contributed by atoms with Crippen molar-refractivity contribution in [3.63, 3.8) is 0 Å². The molecule has 0 aromatic heterocycles. The van der Waals surface area contributed by atoms with Crippen LogP contribution in [0.4, 0.5) is 5.69 Å². The lowest BCUT2D eigenvalue weighted by Crippen LogP contribution is -2.47. The maximum absolute atomic E-state index is 12.9. The van der Waals surface area contributed by atoms with Crippen molar-refractivity contribution in [1.82, 2.24) is 4.90 Å². The summed E-state index contributed by atoms with van der Waals surface area (Å²) >= 11 is 0. The fourth-order valence-electron chi connectivity index (χ4n) is 5.34. The Balaban J connectivity index is 1.33. The highest BCUT2D eigenvalue weighted by molar-refractivity contribution is 5.83. The quantitative estimate of drug-likeness (QED) is 0.340. The molecule has 0 bridgehead atoms. The lowest BCUT2D eigenvalue weighted by atomic mass is 9.74. The topological polar surface area (TPSA) is 42.0 Å². The Bertz CT molecular complexity index is 1110. The minimum absolute atomic E-state index is 0.127. The fourth-order valence-corrected chi connectivity index (χ4v) is 5.34. The van der Waals surface area contributed by atoms with Crippen molar-refractivity contribution >= 4 is 11.7 Å². The van der Waals surface area contributed by atoms with Gasteiger partial charge in [0.2, 0.25) is 0 Å². The Morgan fingerprint density at radius 3 is 2.22 bits per heavy atom. The first-order valence-corrected chi connectivity index (χ1v) is 13.0. The number of ether oxygens (including phenoxy) is 2. The van der Waals surface area contributed by atoms with E-state index in [2.05, 4.69) is 65.3 Å². The molecule has 1 saturated heterocycles. The van der Waals surface area contributed by atoms with Crippen LogP contribution in [0.2, 0.25) is 0 Å². The first kappa shape index (κ1) is 25.8. The number of carbonyl (C=O) groups is 1. The molecule has 1 unspecified atom stereocenters. The molecule has 1 atom stereocenters. The summed E-state index contributed by atoms with van der Waals surface area (Å²) in [6.07, 6.45) is 2.50. The van der Waals surface area contributed by atoms with Crippen molar-refractivity contribution in [3.8, 4) is 16.9 Å². The summed E-state index contributed by atoms with van der Waals surface area (Å²) < 4.78 is 10.5. The first-order chi connectivity index (χ1) is 17.6. The number of carbonyl (C=O) groups excluding carboxylic acids is 1. The highest BCUT2D eigenvalue weighted by atomic mass is 16.5. The van der Waals surface area contributed by atoms with Gasteiger partial charge in [0.1, 0.15) is 5.75 Å². The van der Waals surface area contributed by atoms with Gasteiger partial charge in [0.25, 0.3) is 0 Å². The van der Waals surface area contributed by atoms with Gasteiger partial charge in [-0.2, -0.15) is 0 Å². The zero-order chi connectivity index (χ0) is 25.4. The molecule has 1 heterocycles. The third-order valence-electron chi connectivity index (χ3n) is 7.59. The van der Waals surface area contributed by atoms with Crippen LogP contribution in [-0.2, 0) is 14.9 Å². The molecule has 0 spiro atoms. The Kier molecular flexibility index (Phi) is 8.65. The molecule has 1 aliphatic rings. The van der Waals surface area contributed by atoms with Gasteiger partial charge in [0.15, 0.2) is 0 Å². The molecule has 190 valence electrons. The zero-order valence-corrected chi connectivity index (χ0v) is 21.8. The Morgan fingerprint density at radius 2 is 1.58 bits per heavy atom. The number of hydrogen-bond donors (Lipinski definition) is 0. The van der Waals surface area contributed by atoms with E-state index >= 15 is 0 Å². The van der Waals surface area contributed by atoms with Crippen LogP contribution in [0.1, 0.15) is 31.7 Å². The summed E-state index contributed by atoms with van der Waals surface area (Å²) in [7, 11) is 3.19. The molecule has 0 aliphatic carbocycles. The van der Waals surface area contributed by atoms with E-state index in [1.54, 1.807) is 7.11 Å². The van der Waals surface area contributed by atoms with E-state index in [1.807, 2.05) is 30.3 Å². The summed E-state index contributed by atoms with van der Waals surface area (Å²) in [4.78, 5) is 17.9. The second-order valence-electron chi connectivity index (χ2n) is 9.50. The number of rotatable bonds is 10. The molecule has 0 N–H and O–H groups in total. The number of anilines is 1. The van der Waals surface area contributed by atoms with Gasteiger partial charge in [-0.1, -0.05) is 61.5 Å². The Labute approximate surface area is 215 Å². The van der Waals surface area contributed by atoms with Crippen molar-refractivity contribution in [3.05, 3.63) is 84.4 Å². The fraction of sp³-hybridized carbons (Fsp3) is 0.387. The molecule has 36 heavy (non-hydrogen) atoms. The highest BCUT2D eigenvalue weighted by Gasteiger charge is 2.39. The predicted molar refractivity (Wildman–Crippen MR) is 147 cm³/mol. The number of benzene rings is 3. The molecule has 5 heteroatoms. The molecule has 3 aromatic rings. The molecular formula is C31H38N2O3. The van der Waals surface area contributed by atoms with Crippen molar-refractivity contribution < 1.29 is 14.3 Å². The zero-order valence-electron chi connectivity index (χ0n) is 21.8. The lowest BCUT2D eigenvalue weighted by Gasteiger charge is -2.37. The second kappa shape index (κ2) is 12.1. The van der Waals surface area contributed by atoms with Crippen molar-refractivity contribution in [2.75, 3.05) is 51.8 Å².